The molecule has 1 aliphatic heterocycles. The van der Waals surface area contributed by atoms with E-state index in [4.69, 9.17) is 9.47 Å². The standard InChI is InChI=1S/C22H27N3O3/c1-2-21(23-24-22(26)19-6-4-3-5-7-19)18-8-10-20(11-9-18)28-17-14-25-12-15-27-16-13-25/h3-11H,2,12-17H2,1H3,(H,24,26). The molecule has 2 aromatic carbocycles. The molecule has 1 N–H and O–H groups in total. The van der Waals surface area contributed by atoms with E-state index < -0.39 is 0 Å². The number of hydrazone groups is 1. The second kappa shape index (κ2) is 10.6. The minimum Gasteiger partial charge on any atom is -0.492 e. The van der Waals surface area contributed by atoms with E-state index in [9.17, 15) is 4.79 Å². The molecule has 6 nitrogen and oxygen atoms in total. The van der Waals surface area contributed by atoms with Crippen LogP contribution in [0.3, 0.4) is 0 Å². The van der Waals surface area contributed by atoms with E-state index in [1.807, 2.05) is 49.4 Å². The summed E-state index contributed by atoms with van der Waals surface area (Å²) in [4.78, 5) is 14.5. The van der Waals surface area contributed by atoms with Gasteiger partial charge in [-0.2, -0.15) is 5.10 Å². The minimum atomic E-state index is -0.213. The molecule has 1 saturated heterocycles. The van der Waals surface area contributed by atoms with E-state index in [-0.39, 0.29) is 5.91 Å². The smallest absolute Gasteiger partial charge is 0.271 e. The van der Waals surface area contributed by atoms with Gasteiger partial charge in [0, 0.05) is 25.2 Å². The van der Waals surface area contributed by atoms with E-state index in [1.165, 1.54) is 0 Å². The van der Waals surface area contributed by atoms with E-state index in [2.05, 4.69) is 15.4 Å². The number of carbonyl (C=O) groups excluding carboxylic acids is 1. The highest BCUT2D eigenvalue weighted by Crippen LogP contribution is 2.14. The maximum atomic E-state index is 12.1. The molecule has 3 rings (SSSR count). The number of hydrogen-bond acceptors (Lipinski definition) is 5. The van der Waals surface area contributed by atoms with Crippen LogP contribution in [-0.2, 0) is 4.74 Å². The van der Waals surface area contributed by atoms with Gasteiger partial charge in [-0.3, -0.25) is 9.69 Å². The number of carbonyl (C=O) groups is 1. The monoisotopic (exact) mass is 381 g/mol. The van der Waals surface area contributed by atoms with Gasteiger partial charge < -0.3 is 9.47 Å². The van der Waals surface area contributed by atoms with Gasteiger partial charge in [-0.1, -0.05) is 25.1 Å². The number of benzene rings is 2. The number of nitrogens with one attached hydrogen (secondary N) is 1. The summed E-state index contributed by atoms with van der Waals surface area (Å²) in [5.41, 5.74) is 5.02. The SMILES string of the molecule is CCC(=NNC(=O)c1ccccc1)c1ccc(OCCN2CCOCC2)cc1. The molecule has 0 aromatic heterocycles. The van der Waals surface area contributed by atoms with Gasteiger partial charge in [0.05, 0.1) is 18.9 Å². The number of nitrogens with zero attached hydrogens (tertiary/aromatic N) is 2. The van der Waals surface area contributed by atoms with Gasteiger partial charge in [-0.25, -0.2) is 5.43 Å². The molecule has 0 unspecified atom stereocenters. The van der Waals surface area contributed by atoms with Crippen molar-refractivity contribution < 1.29 is 14.3 Å². The van der Waals surface area contributed by atoms with Crippen LogP contribution in [0.2, 0.25) is 0 Å². The molecule has 0 saturated carbocycles. The lowest BCUT2D eigenvalue weighted by Crippen LogP contribution is -2.38. The van der Waals surface area contributed by atoms with Crippen molar-refractivity contribution in [2.24, 2.45) is 5.10 Å². The van der Waals surface area contributed by atoms with Crippen LogP contribution in [0.15, 0.2) is 59.7 Å². The fraction of sp³-hybridized carbons (Fsp3) is 0.364. The van der Waals surface area contributed by atoms with Crippen molar-refractivity contribution in [3.8, 4) is 5.75 Å². The molecule has 6 heteroatoms. The summed E-state index contributed by atoms with van der Waals surface area (Å²) in [6.45, 7) is 7.10. The summed E-state index contributed by atoms with van der Waals surface area (Å²) in [5.74, 6) is 0.621. The summed E-state index contributed by atoms with van der Waals surface area (Å²) in [7, 11) is 0. The largest absolute Gasteiger partial charge is 0.492 e. The second-order valence-corrected chi connectivity index (χ2v) is 6.55. The number of hydrogen-bond donors (Lipinski definition) is 1. The molecular formula is C22H27N3O3. The van der Waals surface area contributed by atoms with Gasteiger partial charge in [0.1, 0.15) is 12.4 Å². The van der Waals surface area contributed by atoms with Gasteiger partial charge in [-0.05, 0) is 48.4 Å². The van der Waals surface area contributed by atoms with Gasteiger partial charge in [0.2, 0.25) is 0 Å². The highest BCUT2D eigenvalue weighted by molar-refractivity contribution is 6.02. The summed E-state index contributed by atoms with van der Waals surface area (Å²) < 4.78 is 11.2. The summed E-state index contributed by atoms with van der Waals surface area (Å²) in [6, 6.07) is 16.9. The van der Waals surface area contributed by atoms with Gasteiger partial charge in [0.25, 0.3) is 5.91 Å². The molecule has 1 heterocycles. The Labute approximate surface area is 166 Å². The van der Waals surface area contributed by atoms with Crippen LogP contribution in [0.4, 0.5) is 0 Å². The molecule has 2 aromatic rings. The van der Waals surface area contributed by atoms with Crippen molar-refractivity contribution in [2.45, 2.75) is 13.3 Å². The molecule has 0 radical (unpaired) electrons. The van der Waals surface area contributed by atoms with Crippen LogP contribution in [0, 0.1) is 0 Å². The average molecular weight is 381 g/mol. The first kappa shape index (κ1) is 20.0. The van der Waals surface area contributed by atoms with Gasteiger partial charge in [0.15, 0.2) is 0 Å². The van der Waals surface area contributed by atoms with E-state index in [1.54, 1.807) is 12.1 Å². The first-order valence-electron chi connectivity index (χ1n) is 9.71. The highest BCUT2D eigenvalue weighted by atomic mass is 16.5. The molecule has 148 valence electrons. The molecule has 0 spiro atoms. The Kier molecular flexibility index (Phi) is 7.58. The van der Waals surface area contributed by atoms with Crippen LogP contribution < -0.4 is 10.2 Å². The summed E-state index contributed by atoms with van der Waals surface area (Å²) >= 11 is 0. The highest BCUT2D eigenvalue weighted by Gasteiger charge is 2.10. The van der Waals surface area contributed by atoms with Crippen molar-refractivity contribution in [1.82, 2.24) is 10.3 Å². The Hall–Kier alpha value is -2.70. The maximum absolute atomic E-state index is 12.1. The molecule has 0 aliphatic carbocycles. The lowest BCUT2D eigenvalue weighted by atomic mass is 10.1. The molecule has 1 aliphatic rings. The van der Waals surface area contributed by atoms with E-state index in [0.717, 1.165) is 49.9 Å². The molecule has 28 heavy (non-hydrogen) atoms. The Morgan fingerprint density at radius 3 is 2.46 bits per heavy atom. The second-order valence-electron chi connectivity index (χ2n) is 6.55. The van der Waals surface area contributed by atoms with Crippen LogP contribution in [-0.4, -0.2) is 56.0 Å². The third-order valence-electron chi connectivity index (χ3n) is 4.63. The van der Waals surface area contributed by atoms with Crippen molar-refractivity contribution in [2.75, 3.05) is 39.5 Å². The van der Waals surface area contributed by atoms with Crippen LogP contribution in [0.1, 0.15) is 29.3 Å². The molecule has 1 amide bonds. The first-order chi connectivity index (χ1) is 13.8. The Morgan fingerprint density at radius 1 is 1.07 bits per heavy atom. The predicted octanol–water partition coefficient (Wildman–Crippen LogP) is 2.94. The summed E-state index contributed by atoms with van der Waals surface area (Å²) in [6.07, 6.45) is 0.715. The van der Waals surface area contributed by atoms with Gasteiger partial charge >= 0.3 is 0 Å². The predicted molar refractivity (Wildman–Crippen MR) is 110 cm³/mol. The summed E-state index contributed by atoms with van der Waals surface area (Å²) in [5, 5.41) is 4.30. The van der Waals surface area contributed by atoms with Crippen LogP contribution >= 0.6 is 0 Å². The van der Waals surface area contributed by atoms with Crippen molar-refractivity contribution in [3.63, 3.8) is 0 Å². The zero-order valence-corrected chi connectivity index (χ0v) is 16.3. The van der Waals surface area contributed by atoms with Crippen molar-refractivity contribution in [1.29, 1.82) is 0 Å². The average Bonchev–Trinajstić information content (AvgIpc) is 2.76. The first-order valence-corrected chi connectivity index (χ1v) is 9.71. The minimum absolute atomic E-state index is 0.213. The Bertz CT molecular complexity index is 769. The lowest BCUT2D eigenvalue weighted by Gasteiger charge is -2.26. The molecular weight excluding hydrogens is 354 g/mol. The van der Waals surface area contributed by atoms with E-state index in [0.29, 0.717) is 18.6 Å². The molecule has 0 bridgehead atoms. The van der Waals surface area contributed by atoms with Crippen molar-refractivity contribution >= 4 is 11.6 Å². The third kappa shape index (κ3) is 5.90. The normalized spacial score (nSPS) is 15.2. The fourth-order valence-electron chi connectivity index (χ4n) is 2.98. The topological polar surface area (TPSA) is 63.2 Å². The van der Waals surface area contributed by atoms with Crippen molar-refractivity contribution in [3.05, 3.63) is 65.7 Å². The maximum Gasteiger partial charge on any atom is 0.271 e. The lowest BCUT2D eigenvalue weighted by molar-refractivity contribution is 0.0322. The Balaban J connectivity index is 1.52. The number of amides is 1. The third-order valence-corrected chi connectivity index (χ3v) is 4.63. The quantitative estimate of drug-likeness (QED) is 0.564. The zero-order valence-electron chi connectivity index (χ0n) is 16.3. The Morgan fingerprint density at radius 2 is 1.79 bits per heavy atom. The zero-order chi connectivity index (χ0) is 19.6. The fourth-order valence-corrected chi connectivity index (χ4v) is 2.98. The number of ether oxygens (including phenoxy) is 2. The van der Waals surface area contributed by atoms with Crippen LogP contribution in [0.5, 0.6) is 5.75 Å². The van der Waals surface area contributed by atoms with Gasteiger partial charge in [-0.15, -0.1) is 0 Å². The van der Waals surface area contributed by atoms with Crippen LogP contribution in [0.25, 0.3) is 0 Å². The number of morpholine rings is 1. The molecule has 1 fully saturated rings. The van der Waals surface area contributed by atoms with E-state index >= 15 is 0 Å². The number of rotatable bonds is 8. The molecule has 0 atom stereocenters.